The summed E-state index contributed by atoms with van der Waals surface area (Å²) in [5.74, 6) is -0.453. The van der Waals surface area contributed by atoms with E-state index in [9.17, 15) is 9.59 Å². The number of carbonyl (C=O) groups is 2. The minimum absolute atomic E-state index is 0.0575. The molecule has 0 radical (unpaired) electrons. The lowest BCUT2D eigenvalue weighted by Crippen LogP contribution is -2.30. The van der Waals surface area contributed by atoms with Gasteiger partial charge in [-0.3, -0.25) is 9.59 Å². The van der Waals surface area contributed by atoms with Crippen molar-refractivity contribution in [2.75, 3.05) is 19.8 Å². The minimum atomic E-state index is -0.568. The Labute approximate surface area is 408 Å². The van der Waals surface area contributed by atoms with Gasteiger partial charge in [0.05, 0.1) is 6.61 Å². The molecule has 0 fully saturated rings. The molecule has 0 N–H and O–H groups in total. The SMILES string of the molecule is CC/C=C\C/C=C\C/C=C\CCCCCCCCCCOCC(COC(=O)CCCCCCCC/C=C\C/C=C\C/C=C\CCCCC)OC(=O)CCCCC/C=C\C/C=C\C/C=C\CC. The van der Waals surface area contributed by atoms with E-state index >= 15 is 0 Å². The van der Waals surface area contributed by atoms with Crippen LogP contribution in [0.5, 0.6) is 0 Å². The van der Waals surface area contributed by atoms with Crippen molar-refractivity contribution in [3.8, 4) is 0 Å². The summed E-state index contributed by atoms with van der Waals surface area (Å²) in [6.07, 6.45) is 76.7. The first-order valence-electron chi connectivity index (χ1n) is 27.4. The molecule has 0 spiro atoms. The van der Waals surface area contributed by atoms with Crippen molar-refractivity contribution in [2.24, 2.45) is 0 Å². The first kappa shape index (κ1) is 62.6. The highest BCUT2D eigenvalue weighted by molar-refractivity contribution is 5.70. The number of allylic oxidation sites excluding steroid dienone is 18. The molecule has 5 nitrogen and oxygen atoms in total. The molecule has 0 aliphatic heterocycles. The quantitative estimate of drug-likeness (QED) is 0.0346. The van der Waals surface area contributed by atoms with Gasteiger partial charge < -0.3 is 14.2 Å². The average Bonchev–Trinajstić information content (AvgIpc) is 3.32. The number of hydrogen-bond acceptors (Lipinski definition) is 5. The van der Waals surface area contributed by atoms with Crippen molar-refractivity contribution in [2.45, 2.75) is 245 Å². The molecular formula is C61H102O5. The summed E-state index contributed by atoms with van der Waals surface area (Å²) in [5, 5.41) is 0. The molecule has 0 aromatic heterocycles. The Morgan fingerprint density at radius 3 is 1.11 bits per heavy atom. The van der Waals surface area contributed by atoms with Crippen LogP contribution in [0.1, 0.15) is 239 Å². The van der Waals surface area contributed by atoms with E-state index < -0.39 is 6.10 Å². The maximum atomic E-state index is 12.8. The summed E-state index contributed by atoms with van der Waals surface area (Å²) in [4.78, 5) is 25.5. The van der Waals surface area contributed by atoms with E-state index in [1.54, 1.807) is 0 Å². The van der Waals surface area contributed by atoms with Crippen LogP contribution in [0.2, 0.25) is 0 Å². The molecule has 0 amide bonds. The monoisotopic (exact) mass is 915 g/mol. The molecule has 0 aliphatic carbocycles. The predicted molar refractivity (Wildman–Crippen MR) is 288 cm³/mol. The molecule has 1 atom stereocenters. The highest BCUT2D eigenvalue weighted by Crippen LogP contribution is 2.13. The van der Waals surface area contributed by atoms with Crippen LogP contribution in [0, 0.1) is 0 Å². The summed E-state index contributed by atoms with van der Waals surface area (Å²) in [6, 6.07) is 0. The van der Waals surface area contributed by atoms with E-state index in [2.05, 4.69) is 130 Å². The Bertz CT molecular complexity index is 1310. The topological polar surface area (TPSA) is 61.8 Å². The van der Waals surface area contributed by atoms with Gasteiger partial charge in [0, 0.05) is 19.4 Å². The summed E-state index contributed by atoms with van der Waals surface area (Å²) >= 11 is 0. The van der Waals surface area contributed by atoms with Gasteiger partial charge in [-0.15, -0.1) is 0 Å². The molecule has 0 saturated heterocycles. The van der Waals surface area contributed by atoms with Gasteiger partial charge in [-0.2, -0.15) is 0 Å². The molecule has 1 unspecified atom stereocenters. The van der Waals surface area contributed by atoms with E-state index in [-0.39, 0.29) is 25.2 Å². The average molecular weight is 915 g/mol. The Morgan fingerprint density at radius 2 is 0.682 bits per heavy atom. The third-order valence-electron chi connectivity index (χ3n) is 11.3. The largest absolute Gasteiger partial charge is 0.462 e. The standard InChI is InChI=1S/C61H102O5/c1-4-7-10-13-16-19-22-25-27-29-31-32-34-37-39-42-45-48-51-54-60(62)65-58-59(66-61(63)55-52-49-46-43-40-36-24-21-18-15-12-9-6-3)57-64-56-53-50-47-44-41-38-35-33-30-28-26-23-20-17-14-11-8-5-2/h8-9,11-12,16-21,25-28,31-32,36,40,59H,4-7,10,13-15,22-24,29-30,33-35,37-39,41-58H2,1-3H3/b11-8-,12-9-,19-16-,20-17-,21-18-,27-25-,28-26-,32-31-,40-36-. The number of carbonyl (C=O) groups excluding carboxylic acids is 2. The molecule has 0 rings (SSSR count). The lowest BCUT2D eigenvalue weighted by Gasteiger charge is -2.18. The molecule has 376 valence electrons. The number of hydrogen-bond donors (Lipinski definition) is 0. The number of esters is 2. The van der Waals surface area contributed by atoms with Crippen molar-refractivity contribution >= 4 is 11.9 Å². The van der Waals surface area contributed by atoms with Gasteiger partial charge in [0.2, 0.25) is 0 Å². The Hall–Kier alpha value is -3.44. The first-order valence-corrected chi connectivity index (χ1v) is 27.4. The maximum Gasteiger partial charge on any atom is 0.306 e. The summed E-state index contributed by atoms with van der Waals surface area (Å²) in [5.41, 5.74) is 0. The second-order valence-corrected chi connectivity index (χ2v) is 17.7. The van der Waals surface area contributed by atoms with Crippen LogP contribution in [0.4, 0.5) is 0 Å². The second-order valence-electron chi connectivity index (χ2n) is 17.7. The Kier molecular flexibility index (Phi) is 53.0. The number of ether oxygens (including phenoxy) is 3. The number of unbranched alkanes of at least 4 members (excludes halogenated alkanes) is 20. The van der Waals surface area contributed by atoms with Crippen LogP contribution in [0.25, 0.3) is 0 Å². The molecule has 0 heterocycles. The third-order valence-corrected chi connectivity index (χ3v) is 11.3. The summed E-state index contributed by atoms with van der Waals surface area (Å²) in [6.45, 7) is 7.51. The lowest BCUT2D eigenvalue weighted by molar-refractivity contribution is -0.163. The van der Waals surface area contributed by atoms with Gasteiger partial charge in [-0.1, -0.05) is 214 Å². The molecule has 66 heavy (non-hydrogen) atoms. The number of rotatable bonds is 49. The van der Waals surface area contributed by atoms with E-state index in [0.717, 1.165) is 116 Å². The molecule has 0 aliphatic rings. The Morgan fingerprint density at radius 1 is 0.348 bits per heavy atom. The van der Waals surface area contributed by atoms with Crippen LogP contribution in [0.15, 0.2) is 109 Å². The molecular weight excluding hydrogens is 813 g/mol. The van der Waals surface area contributed by atoms with Crippen molar-refractivity contribution in [3.63, 3.8) is 0 Å². The second kappa shape index (κ2) is 55.9. The zero-order chi connectivity index (χ0) is 47.7. The van der Waals surface area contributed by atoms with Crippen LogP contribution in [0.3, 0.4) is 0 Å². The van der Waals surface area contributed by atoms with Crippen molar-refractivity contribution in [3.05, 3.63) is 109 Å². The molecule has 0 bridgehead atoms. The van der Waals surface area contributed by atoms with Gasteiger partial charge in [-0.05, 0) is 122 Å². The lowest BCUT2D eigenvalue weighted by atomic mass is 10.1. The van der Waals surface area contributed by atoms with Crippen LogP contribution >= 0.6 is 0 Å². The van der Waals surface area contributed by atoms with Gasteiger partial charge in [0.1, 0.15) is 6.61 Å². The highest BCUT2D eigenvalue weighted by Gasteiger charge is 2.17. The predicted octanol–water partition coefficient (Wildman–Crippen LogP) is 18.8. The fraction of sp³-hybridized carbons (Fsp3) is 0.672. The van der Waals surface area contributed by atoms with Gasteiger partial charge in [0.25, 0.3) is 0 Å². The van der Waals surface area contributed by atoms with Gasteiger partial charge >= 0.3 is 11.9 Å². The molecule has 0 saturated carbocycles. The fourth-order valence-corrected chi connectivity index (χ4v) is 7.25. The fourth-order valence-electron chi connectivity index (χ4n) is 7.25. The maximum absolute atomic E-state index is 12.8. The molecule has 0 aromatic carbocycles. The third kappa shape index (κ3) is 53.2. The van der Waals surface area contributed by atoms with Crippen molar-refractivity contribution < 1.29 is 23.8 Å². The normalized spacial score (nSPS) is 13.1. The Balaban J connectivity index is 4.34. The van der Waals surface area contributed by atoms with Crippen molar-refractivity contribution in [1.29, 1.82) is 0 Å². The minimum Gasteiger partial charge on any atom is -0.462 e. The highest BCUT2D eigenvalue weighted by atomic mass is 16.6. The van der Waals surface area contributed by atoms with Gasteiger partial charge in [0.15, 0.2) is 6.10 Å². The van der Waals surface area contributed by atoms with E-state index in [1.807, 2.05) is 0 Å². The molecule has 0 aromatic rings. The van der Waals surface area contributed by atoms with E-state index in [4.69, 9.17) is 14.2 Å². The first-order chi connectivity index (χ1) is 32.6. The van der Waals surface area contributed by atoms with Crippen LogP contribution in [-0.4, -0.2) is 37.9 Å². The van der Waals surface area contributed by atoms with Gasteiger partial charge in [-0.25, -0.2) is 0 Å². The van der Waals surface area contributed by atoms with E-state index in [0.29, 0.717) is 19.4 Å². The van der Waals surface area contributed by atoms with E-state index in [1.165, 1.54) is 89.9 Å². The smallest absolute Gasteiger partial charge is 0.306 e. The van der Waals surface area contributed by atoms with Crippen LogP contribution < -0.4 is 0 Å². The summed E-state index contributed by atoms with van der Waals surface area (Å²) in [7, 11) is 0. The summed E-state index contributed by atoms with van der Waals surface area (Å²) < 4.78 is 17.4. The molecule has 5 heteroatoms. The van der Waals surface area contributed by atoms with Crippen LogP contribution in [-0.2, 0) is 23.8 Å². The zero-order valence-corrected chi connectivity index (χ0v) is 43.2. The van der Waals surface area contributed by atoms with Crippen molar-refractivity contribution in [1.82, 2.24) is 0 Å². The zero-order valence-electron chi connectivity index (χ0n) is 43.2.